The van der Waals surface area contributed by atoms with Crippen LogP contribution >= 0.6 is 0 Å². The van der Waals surface area contributed by atoms with Crippen molar-refractivity contribution < 1.29 is 9.53 Å². The first-order chi connectivity index (χ1) is 9.42. The normalized spacial score (nSPS) is 14.3. The molecular weight excluding hydrogens is 256 g/mol. The van der Waals surface area contributed by atoms with Crippen LogP contribution in [0.4, 0.5) is 0 Å². The number of likely N-dealkylation sites (N-methyl/N-ethyl adjacent to an activating group) is 1. The zero-order chi connectivity index (χ0) is 15.3. The van der Waals surface area contributed by atoms with Gasteiger partial charge in [-0.05, 0) is 20.0 Å². The molecule has 0 fully saturated rings. The van der Waals surface area contributed by atoms with Crippen LogP contribution in [0.25, 0.3) is 0 Å². The summed E-state index contributed by atoms with van der Waals surface area (Å²) in [6.07, 6.45) is 2.44. The lowest BCUT2D eigenvalue weighted by Gasteiger charge is -2.18. The molecule has 1 aromatic heterocycles. The molecule has 114 valence electrons. The van der Waals surface area contributed by atoms with Crippen LogP contribution in [0.1, 0.15) is 30.8 Å². The predicted octanol–water partition coefficient (Wildman–Crippen LogP) is 1.01. The van der Waals surface area contributed by atoms with E-state index in [1.54, 1.807) is 18.0 Å². The second-order valence-corrected chi connectivity index (χ2v) is 5.36. The molecule has 0 saturated heterocycles. The summed E-state index contributed by atoms with van der Waals surface area (Å²) in [6.45, 7) is 5.43. The lowest BCUT2D eigenvalue weighted by molar-refractivity contribution is 0.0920. The summed E-state index contributed by atoms with van der Waals surface area (Å²) in [6, 6.07) is -0.524. The molecule has 0 aliphatic heterocycles. The van der Waals surface area contributed by atoms with Crippen LogP contribution in [0.2, 0.25) is 0 Å². The van der Waals surface area contributed by atoms with Crippen LogP contribution in [0.5, 0.6) is 5.75 Å². The number of methoxy groups -OCH3 is 1. The molecule has 0 aliphatic rings. The van der Waals surface area contributed by atoms with E-state index in [4.69, 9.17) is 10.5 Å². The molecule has 0 amide bonds. The molecule has 0 radical (unpaired) electrons. The number of rotatable bonds is 8. The van der Waals surface area contributed by atoms with Gasteiger partial charge >= 0.3 is 0 Å². The Hall–Kier alpha value is -1.40. The Labute approximate surface area is 120 Å². The van der Waals surface area contributed by atoms with Crippen LogP contribution in [-0.2, 0) is 6.54 Å². The molecule has 2 atom stereocenters. The second kappa shape index (κ2) is 7.40. The third-order valence-electron chi connectivity index (χ3n) is 3.58. The van der Waals surface area contributed by atoms with Gasteiger partial charge in [-0.3, -0.25) is 9.48 Å². The Morgan fingerprint density at radius 2 is 2.20 bits per heavy atom. The van der Waals surface area contributed by atoms with E-state index in [1.165, 1.54) is 0 Å². The molecule has 0 bridgehead atoms. The van der Waals surface area contributed by atoms with E-state index >= 15 is 0 Å². The van der Waals surface area contributed by atoms with Crippen LogP contribution in [0.3, 0.4) is 0 Å². The number of ketones is 1. The zero-order valence-electron chi connectivity index (χ0n) is 13.1. The van der Waals surface area contributed by atoms with Gasteiger partial charge < -0.3 is 15.4 Å². The molecule has 0 aromatic carbocycles. The van der Waals surface area contributed by atoms with Crippen molar-refractivity contribution in [2.45, 2.75) is 32.9 Å². The number of hydrogen-bond acceptors (Lipinski definition) is 5. The number of carbonyl (C=O) groups excluding carboxylic acids is 1. The first-order valence-corrected chi connectivity index (χ1v) is 6.96. The molecule has 1 aromatic rings. The highest BCUT2D eigenvalue weighted by Gasteiger charge is 2.27. The largest absolute Gasteiger partial charge is 0.493 e. The van der Waals surface area contributed by atoms with Crippen LogP contribution in [-0.4, -0.2) is 54.3 Å². The van der Waals surface area contributed by atoms with Crippen molar-refractivity contribution in [2.24, 2.45) is 11.7 Å². The average molecular weight is 282 g/mol. The van der Waals surface area contributed by atoms with Crippen molar-refractivity contribution in [2.75, 3.05) is 27.7 Å². The standard InChI is InChI=1S/C14H26N4O2/c1-6-10(2)12(15)14(19)13-11(20-5)9-16-18(13)8-7-17(3)4/h9-10,12H,6-8,15H2,1-5H3. The minimum absolute atomic E-state index is 0.104. The highest BCUT2D eigenvalue weighted by Crippen LogP contribution is 2.21. The molecule has 2 unspecified atom stereocenters. The SMILES string of the molecule is CCC(C)C(N)C(=O)c1c(OC)cnn1CCN(C)C. The summed E-state index contributed by atoms with van der Waals surface area (Å²) in [5, 5.41) is 4.24. The Morgan fingerprint density at radius 1 is 1.55 bits per heavy atom. The number of Topliss-reactive ketones (excluding diaryl/α,β-unsaturated/α-hetero) is 1. The second-order valence-electron chi connectivity index (χ2n) is 5.36. The molecule has 1 rings (SSSR count). The van der Waals surface area contributed by atoms with Crippen LogP contribution in [0, 0.1) is 5.92 Å². The molecule has 0 spiro atoms. The number of nitrogens with two attached hydrogens (primary N) is 1. The first kappa shape index (κ1) is 16.7. The van der Waals surface area contributed by atoms with Gasteiger partial charge in [0.15, 0.2) is 5.75 Å². The van der Waals surface area contributed by atoms with Crippen LogP contribution < -0.4 is 10.5 Å². The van der Waals surface area contributed by atoms with Crippen molar-refractivity contribution in [3.63, 3.8) is 0 Å². The Morgan fingerprint density at radius 3 is 2.70 bits per heavy atom. The molecule has 1 heterocycles. The summed E-state index contributed by atoms with van der Waals surface area (Å²) in [5.41, 5.74) is 6.53. The summed E-state index contributed by atoms with van der Waals surface area (Å²) >= 11 is 0. The van der Waals surface area contributed by atoms with Crippen LogP contribution in [0.15, 0.2) is 6.20 Å². The summed E-state index contributed by atoms with van der Waals surface area (Å²) in [5.74, 6) is 0.518. The van der Waals surface area contributed by atoms with Crippen molar-refractivity contribution in [3.8, 4) is 5.75 Å². The van der Waals surface area contributed by atoms with E-state index in [0.717, 1.165) is 13.0 Å². The number of aromatic nitrogens is 2. The van der Waals surface area contributed by atoms with Gasteiger partial charge in [0.2, 0.25) is 5.78 Å². The molecule has 0 aliphatic carbocycles. The molecule has 0 saturated carbocycles. The first-order valence-electron chi connectivity index (χ1n) is 6.96. The molecule has 6 nitrogen and oxygen atoms in total. The van der Waals surface area contributed by atoms with E-state index in [0.29, 0.717) is 18.0 Å². The van der Waals surface area contributed by atoms with Gasteiger partial charge in [0.1, 0.15) is 5.69 Å². The van der Waals surface area contributed by atoms with E-state index < -0.39 is 6.04 Å². The van der Waals surface area contributed by atoms with E-state index in [9.17, 15) is 4.79 Å². The topological polar surface area (TPSA) is 73.4 Å². The Bertz CT molecular complexity index is 442. The maximum absolute atomic E-state index is 12.6. The fourth-order valence-corrected chi connectivity index (χ4v) is 1.90. The molecule has 20 heavy (non-hydrogen) atoms. The minimum atomic E-state index is -0.524. The number of ether oxygens (including phenoxy) is 1. The van der Waals surface area contributed by atoms with Gasteiger partial charge in [-0.15, -0.1) is 0 Å². The maximum atomic E-state index is 12.6. The summed E-state index contributed by atoms with van der Waals surface area (Å²) < 4.78 is 6.93. The third-order valence-corrected chi connectivity index (χ3v) is 3.58. The van der Waals surface area contributed by atoms with Gasteiger partial charge in [-0.25, -0.2) is 0 Å². The summed E-state index contributed by atoms with van der Waals surface area (Å²) in [7, 11) is 5.50. The average Bonchev–Trinajstić information content (AvgIpc) is 2.85. The van der Waals surface area contributed by atoms with E-state index in [1.807, 2.05) is 32.8 Å². The zero-order valence-corrected chi connectivity index (χ0v) is 13.1. The van der Waals surface area contributed by atoms with E-state index in [2.05, 4.69) is 5.10 Å². The molecular formula is C14H26N4O2. The van der Waals surface area contributed by atoms with Gasteiger partial charge in [0, 0.05) is 6.54 Å². The van der Waals surface area contributed by atoms with Gasteiger partial charge in [0.05, 0.1) is 25.9 Å². The van der Waals surface area contributed by atoms with Gasteiger partial charge in [-0.1, -0.05) is 20.3 Å². The Kier molecular flexibility index (Phi) is 6.16. The number of carbonyl (C=O) groups is 1. The van der Waals surface area contributed by atoms with E-state index in [-0.39, 0.29) is 11.7 Å². The number of hydrogen-bond donors (Lipinski definition) is 1. The number of nitrogens with zero attached hydrogens (tertiary/aromatic N) is 3. The quantitative estimate of drug-likeness (QED) is 0.720. The predicted molar refractivity (Wildman–Crippen MR) is 79.1 cm³/mol. The van der Waals surface area contributed by atoms with Crippen molar-refractivity contribution in [1.29, 1.82) is 0 Å². The maximum Gasteiger partial charge on any atom is 0.201 e. The molecule has 2 N–H and O–H groups in total. The summed E-state index contributed by atoms with van der Waals surface area (Å²) in [4.78, 5) is 14.6. The minimum Gasteiger partial charge on any atom is -0.493 e. The fraction of sp³-hybridized carbons (Fsp3) is 0.714. The fourth-order valence-electron chi connectivity index (χ4n) is 1.90. The van der Waals surface area contributed by atoms with Crippen molar-refractivity contribution >= 4 is 5.78 Å². The highest BCUT2D eigenvalue weighted by molar-refractivity contribution is 6.01. The Balaban J connectivity index is 3.01. The molecule has 6 heteroatoms. The lowest BCUT2D eigenvalue weighted by atomic mass is 9.94. The highest BCUT2D eigenvalue weighted by atomic mass is 16.5. The smallest absolute Gasteiger partial charge is 0.201 e. The van der Waals surface area contributed by atoms with Gasteiger partial charge in [0.25, 0.3) is 0 Å². The third kappa shape index (κ3) is 3.80. The lowest BCUT2D eigenvalue weighted by Crippen LogP contribution is -2.38. The van der Waals surface area contributed by atoms with Gasteiger partial charge in [-0.2, -0.15) is 5.10 Å². The van der Waals surface area contributed by atoms with Crippen molar-refractivity contribution in [1.82, 2.24) is 14.7 Å². The monoisotopic (exact) mass is 282 g/mol. The van der Waals surface area contributed by atoms with Crippen molar-refractivity contribution in [3.05, 3.63) is 11.9 Å².